The van der Waals surface area contributed by atoms with Gasteiger partial charge in [0.25, 0.3) is 0 Å². The summed E-state index contributed by atoms with van der Waals surface area (Å²) in [5.41, 5.74) is 4.77. The zero-order chi connectivity index (χ0) is 19.8. The summed E-state index contributed by atoms with van der Waals surface area (Å²) < 4.78 is 0. The molecule has 2 N–H and O–H groups in total. The van der Waals surface area contributed by atoms with Crippen LogP contribution >= 0.6 is 0 Å². The van der Waals surface area contributed by atoms with Crippen LogP contribution < -0.4 is 15.5 Å². The Hall–Kier alpha value is -2.56. The van der Waals surface area contributed by atoms with E-state index in [1.807, 2.05) is 13.0 Å². The lowest BCUT2D eigenvalue weighted by atomic mass is 9.97. The van der Waals surface area contributed by atoms with Crippen molar-refractivity contribution in [3.8, 4) is 0 Å². The van der Waals surface area contributed by atoms with Gasteiger partial charge in [0, 0.05) is 42.8 Å². The lowest BCUT2D eigenvalue weighted by molar-refractivity contribution is 0.679. The molecule has 0 spiro atoms. The van der Waals surface area contributed by atoms with Crippen LogP contribution in [-0.4, -0.2) is 29.6 Å². The number of hydrogen-bond donors (Lipinski definition) is 2. The third-order valence-corrected chi connectivity index (χ3v) is 5.24. The highest BCUT2D eigenvalue weighted by Gasteiger charge is 2.06. The van der Waals surface area contributed by atoms with E-state index < -0.39 is 0 Å². The Bertz CT molecular complexity index is 778. The second-order valence-electron chi connectivity index (χ2n) is 7.35. The van der Waals surface area contributed by atoms with E-state index in [0.717, 1.165) is 43.3 Å². The van der Waals surface area contributed by atoms with E-state index in [2.05, 4.69) is 69.7 Å². The number of benzene rings is 1. The van der Waals surface area contributed by atoms with E-state index >= 15 is 0 Å². The standard InChI is InChI=1S/C23H33N5/c1-4-28(5-2)21-13-11-20(12-14-21)26-23-25-18(3)17-22(27-23)24-16-15-19-9-7-6-8-10-19/h9,11-14,17H,4-8,10,15-16H2,1-3H3,(H2,24,25,26,27). The Morgan fingerprint density at radius 2 is 1.82 bits per heavy atom. The van der Waals surface area contributed by atoms with Crippen molar-refractivity contribution in [1.82, 2.24) is 9.97 Å². The molecule has 150 valence electrons. The maximum atomic E-state index is 4.64. The van der Waals surface area contributed by atoms with Crippen molar-refractivity contribution >= 4 is 23.1 Å². The first-order valence-corrected chi connectivity index (χ1v) is 10.6. The van der Waals surface area contributed by atoms with Crippen molar-refractivity contribution in [2.45, 2.75) is 52.9 Å². The molecule has 3 rings (SSSR count). The van der Waals surface area contributed by atoms with Crippen molar-refractivity contribution in [1.29, 1.82) is 0 Å². The highest BCUT2D eigenvalue weighted by Crippen LogP contribution is 2.22. The normalized spacial score (nSPS) is 13.8. The van der Waals surface area contributed by atoms with Gasteiger partial charge in [0.2, 0.25) is 5.95 Å². The van der Waals surface area contributed by atoms with E-state index in [0.29, 0.717) is 5.95 Å². The lowest BCUT2D eigenvalue weighted by Gasteiger charge is -2.21. The first kappa shape index (κ1) is 20.2. The van der Waals surface area contributed by atoms with Gasteiger partial charge in [0.05, 0.1) is 0 Å². The molecule has 0 aliphatic heterocycles. The quantitative estimate of drug-likeness (QED) is 0.549. The third kappa shape index (κ3) is 5.72. The molecule has 0 atom stereocenters. The molecule has 1 aliphatic rings. The first-order valence-electron chi connectivity index (χ1n) is 10.6. The number of allylic oxidation sites excluding steroid dienone is 1. The van der Waals surface area contributed by atoms with Crippen molar-refractivity contribution in [3.63, 3.8) is 0 Å². The zero-order valence-electron chi connectivity index (χ0n) is 17.5. The lowest BCUT2D eigenvalue weighted by Crippen LogP contribution is -2.21. The second kappa shape index (κ2) is 10.1. The maximum absolute atomic E-state index is 4.64. The van der Waals surface area contributed by atoms with E-state index in [1.165, 1.54) is 31.4 Å². The smallest absolute Gasteiger partial charge is 0.229 e. The molecule has 0 saturated carbocycles. The molecule has 0 bridgehead atoms. The SMILES string of the molecule is CCN(CC)c1ccc(Nc2nc(C)cc(NCCC3=CCCCC3)n2)cc1. The topological polar surface area (TPSA) is 53.1 Å². The van der Waals surface area contributed by atoms with Crippen molar-refractivity contribution in [2.75, 3.05) is 35.2 Å². The number of hydrogen-bond acceptors (Lipinski definition) is 5. The summed E-state index contributed by atoms with van der Waals surface area (Å²) in [6, 6.07) is 10.5. The van der Waals surface area contributed by atoms with Gasteiger partial charge in [-0.25, -0.2) is 4.98 Å². The molecular formula is C23H33N5. The minimum atomic E-state index is 0.634. The largest absolute Gasteiger partial charge is 0.372 e. The summed E-state index contributed by atoms with van der Waals surface area (Å²) in [5.74, 6) is 1.51. The first-order chi connectivity index (χ1) is 13.7. The Morgan fingerprint density at radius 3 is 2.50 bits per heavy atom. The molecular weight excluding hydrogens is 346 g/mol. The van der Waals surface area contributed by atoms with Crippen LogP contribution in [0.5, 0.6) is 0 Å². The average Bonchev–Trinajstić information content (AvgIpc) is 2.71. The summed E-state index contributed by atoms with van der Waals surface area (Å²) in [6.45, 7) is 9.29. The maximum Gasteiger partial charge on any atom is 0.229 e. The monoisotopic (exact) mass is 379 g/mol. The Kier molecular flexibility index (Phi) is 7.29. The number of anilines is 4. The molecule has 0 unspecified atom stereocenters. The summed E-state index contributed by atoms with van der Waals surface area (Å²) in [6.07, 6.45) is 8.67. The molecule has 5 nitrogen and oxygen atoms in total. The zero-order valence-corrected chi connectivity index (χ0v) is 17.5. The van der Waals surface area contributed by atoms with Crippen LogP contribution in [0.4, 0.5) is 23.1 Å². The molecule has 1 aliphatic carbocycles. The summed E-state index contributed by atoms with van der Waals surface area (Å²) in [4.78, 5) is 11.5. The van der Waals surface area contributed by atoms with Crippen LogP contribution in [0.15, 0.2) is 42.0 Å². The highest BCUT2D eigenvalue weighted by molar-refractivity contribution is 5.60. The van der Waals surface area contributed by atoms with Gasteiger partial charge in [-0.2, -0.15) is 4.98 Å². The van der Waals surface area contributed by atoms with Gasteiger partial charge in [-0.05, 0) is 77.1 Å². The fraction of sp³-hybridized carbons (Fsp3) is 0.478. The van der Waals surface area contributed by atoms with Crippen molar-refractivity contribution in [2.24, 2.45) is 0 Å². The van der Waals surface area contributed by atoms with Crippen molar-refractivity contribution in [3.05, 3.63) is 47.7 Å². The van der Waals surface area contributed by atoms with Crippen molar-refractivity contribution < 1.29 is 0 Å². The molecule has 28 heavy (non-hydrogen) atoms. The minimum Gasteiger partial charge on any atom is -0.372 e. The molecule has 1 aromatic carbocycles. The Balaban J connectivity index is 1.60. The van der Waals surface area contributed by atoms with E-state index in [9.17, 15) is 0 Å². The number of aromatic nitrogens is 2. The Morgan fingerprint density at radius 1 is 1.04 bits per heavy atom. The Labute approximate surface area is 169 Å². The predicted molar refractivity (Wildman–Crippen MR) is 120 cm³/mol. The predicted octanol–water partition coefficient (Wildman–Crippen LogP) is 5.68. The van der Waals surface area contributed by atoms with Gasteiger partial charge in [-0.1, -0.05) is 11.6 Å². The van der Waals surface area contributed by atoms with Crippen LogP contribution in [0.3, 0.4) is 0 Å². The summed E-state index contributed by atoms with van der Waals surface area (Å²) >= 11 is 0. The van der Waals surface area contributed by atoms with Crippen LogP contribution in [0, 0.1) is 6.92 Å². The fourth-order valence-corrected chi connectivity index (χ4v) is 3.67. The van der Waals surface area contributed by atoms with Gasteiger partial charge in [0.1, 0.15) is 5.82 Å². The molecule has 0 fully saturated rings. The molecule has 1 heterocycles. The van der Waals surface area contributed by atoms with Gasteiger partial charge >= 0.3 is 0 Å². The molecule has 2 aromatic rings. The summed E-state index contributed by atoms with van der Waals surface area (Å²) in [7, 11) is 0. The molecule has 0 amide bonds. The second-order valence-corrected chi connectivity index (χ2v) is 7.35. The van der Waals surface area contributed by atoms with Crippen LogP contribution in [-0.2, 0) is 0 Å². The van der Waals surface area contributed by atoms with Crippen LogP contribution in [0.1, 0.15) is 51.6 Å². The third-order valence-electron chi connectivity index (χ3n) is 5.24. The van der Waals surface area contributed by atoms with Crippen LogP contribution in [0.2, 0.25) is 0 Å². The van der Waals surface area contributed by atoms with E-state index in [-0.39, 0.29) is 0 Å². The molecule has 1 aromatic heterocycles. The van der Waals surface area contributed by atoms with E-state index in [1.54, 1.807) is 5.57 Å². The molecule has 0 saturated heterocycles. The number of rotatable bonds is 9. The van der Waals surface area contributed by atoms with Gasteiger partial charge in [0.15, 0.2) is 0 Å². The summed E-state index contributed by atoms with van der Waals surface area (Å²) in [5, 5.41) is 6.79. The number of nitrogens with zero attached hydrogens (tertiary/aromatic N) is 3. The molecule has 5 heteroatoms. The number of nitrogens with one attached hydrogen (secondary N) is 2. The average molecular weight is 380 g/mol. The van der Waals surface area contributed by atoms with Crippen LogP contribution in [0.25, 0.3) is 0 Å². The highest BCUT2D eigenvalue weighted by atomic mass is 15.1. The minimum absolute atomic E-state index is 0.634. The molecule has 0 radical (unpaired) electrons. The van der Waals surface area contributed by atoms with E-state index in [4.69, 9.17) is 0 Å². The fourth-order valence-electron chi connectivity index (χ4n) is 3.67. The van der Waals surface area contributed by atoms with Gasteiger partial charge in [-0.3, -0.25) is 0 Å². The van der Waals surface area contributed by atoms with Gasteiger partial charge in [-0.15, -0.1) is 0 Å². The van der Waals surface area contributed by atoms with Gasteiger partial charge < -0.3 is 15.5 Å². The number of aryl methyl sites for hydroxylation is 1.